The summed E-state index contributed by atoms with van der Waals surface area (Å²) in [7, 11) is -7.38. The van der Waals surface area contributed by atoms with Crippen LogP contribution in [-0.2, 0) is 111 Å². The zero-order chi connectivity index (χ0) is 84.8. The predicted octanol–water partition coefficient (Wildman–Crippen LogP) is -0.969. The number of amides is 3. The number of aliphatic hydroxyl groups is 6. The van der Waals surface area contributed by atoms with Crippen LogP contribution in [0.15, 0.2) is 127 Å². The second-order valence-electron chi connectivity index (χ2n) is 30.5. The van der Waals surface area contributed by atoms with Crippen LogP contribution in [0.4, 0.5) is 14.4 Å². The van der Waals surface area contributed by atoms with Crippen LogP contribution in [0.25, 0.3) is 0 Å². The van der Waals surface area contributed by atoms with Gasteiger partial charge in [-0.25, -0.2) is 31.2 Å². The van der Waals surface area contributed by atoms with Crippen LogP contribution >= 0.6 is 0 Å². The van der Waals surface area contributed by atoms with Gasteiger partial charge in [0.05, 0.1) is 97.6 Å². The molecule has 30 atom stereocenters. The van der Waals surface area contributed by atoms with E-state index in [1.54, 1.807) is 67.6 Å². The molecule has 0 unspecified atom stereocenters. The van der Waals surface area contributed by atoms with E-state index >= 15 is 0 Å². The molecule has 6 heterocycles. The molecule has 40 heteroatoms. The predicted molar refractivity (Wildman–Crippen MR) is 434 cm³/mol. The van der Waals surface area contributed by atoms with Gasteiger partial charge in [-0.3, -0.25) is 0 Å². The van der Waals surface area contributed by atoms with E-state index in [2.05, 4.69) is 16.0 Å². The van der Waals surface area contributed by atoms with Gasteiger partial charge in [-0.2, -0.15) is 0 Å². The number of carbonyl (C=O) groups is 3. The van der Waals surface area contributed by atoms with Gasteiger partial charge in [-0.15, -0.1) is 0 Å². The van der Waals surface area contributed by atoms with Gasteiger partial charge in [0, 0.05) is 44.1 Å². The van der Waals surface area contributed by atoms with Gasteiger partial charge < -0.3 is 158 Å². The Labute approximate surface area is 700 Å². The molecule has 3 saturated heterocycles. The van der Waals surface area contributed by atoms with E-state index in [0.29, 0.717) is 19.3 Å². The van der Waals surface area contributed by atoms with Crippen LogP contribution in [-0.4, -0.2) is 300 Å². The Bertz CT molecular complexity index is 3900. The molecular formula is C80H126N10O28S2. The number of hydrogen-bond donors (Lipinski definition) is 16. The molecule has 676 valence electrons. The van der Waals surface area contributed by atoms with Crippen LogP contribution in [0.1, 0.15) is 77.5 Å². The van der Waals surface area contributed by atoms with E-state index in [4.69, 9.17) is 111 Å². The molecule has 3 amide bonds. The normalized spacial score (nSPS) is 35.5. The molecule has 8 aliphatic rings. The van der Waals surface area contributed by atoms with Crippen molar-refractivity contribution in [2.24, 2.45) is 57.9 Å². The fourth-order valence-electron chi connectivity index (χ4n) is 15.2. The van der Waals surface area contributed by atoms with Gasteiger partial charge in [0.25, 0.3) is 0 Å². The molecule has 38 nitrogen and oxygen atoms in total. The minimum absolute atomic E-state index is 0. The first-order valence-electron chi connectivity index (χ1n) is 39.8. The number of ether oxygens (including phenoxy) is 15. The van der Waals surface area contributed by atoms with Gasteiger partial charge in [0.2, 0.25) is 0 Å². The van der Waals surface area contributed by atoms with E-state index in [0.717, 1.165) is 16.7 Å². The summed E-state index contributed by atoms with van der Waals surface area (Å²) in [5.41, 5.74) is 43.8. The highest BCUT2D eigenvalue weighted by Crippen LogP contribution is 2.41. The molecule has 0 radical (unpaired) electrons. The molecule has 2 saturated carbocycles. The van der Waals surface area contributed by atoms with E-state index in [-0.39, 0.29) is 97.8 Å². The second kappa shape index (κ2) is 47.6. The molecule has 3 aromatic rings. The van der Waals surface area contributed by atoms with Crippen molar-refractivity contribution in [2.45, 2.75) is 246 Å². The van der Waals surface area contributed by atoms with Crippen LogP contribution in [0.5, 0.6) is 0 Å². The minimum Gasteiger partial charge on any atom is -0.445 e. The Kier molecular flexibility index (Phi) is 39.3. The van der Waals surface area contributed by atoms with Crippen molar-refractivity contribution in [3.05, 3.63) is 144 Å². The number of hydrogen-bond acceptors (Lipinski definition) is 35. The zero-order valence-corrected chi connectivity index (χ0v) is 67.5. The van der Waals surface area contributed by atoms with Crippen LogP contribution in [0.2, 0.25) is 0 Å². The van der Waals surface area contributed by atoms with Crippen molar-refractivity contribution >= 4 is 38.0 Å². The first-order valence-corrected chi connectivity index (χ1v) is 43.5. The number of nitrogens with one attached hydrogen (secondary N) is 3. The fraction of sp³-hybridized carbons (Fsp3) is 0.662. The number of sulfone groups is 2. The van der Waals surface area contributed by atoms with Crippen LogP contribution in [0, 0.1) is 17.8 Å². The molecule has 6 aliphatic heterocycles. The number of benzene rings is 3. The summed E-state index contributed by atoms with van der Waals surface area (Å²) in [6, 6.07) is 23.2. The first-order chi connectivity index (χ1) is 56.6. The quantitative estimate of drug-likeness (QED) is 0.0249. The Morgan fingerprint density at radius 1 is 0.458 bits per heavy atom. The molecule has 23 N–H and O–H groups in total. The lowest BCUT2D eigenvalue weighted by Gasteiger charge is -2.46. The molecule has 2 aliphatic carbocycles. The molecule has 5 fully saturated rings. The van der Waals surface area contributed by atoms with E-state index in [1.807, 2.05) is 73.7 Å². The first kappa shape index (κ1) is 99.0. The average Bonchev–Trinajstić information content (AvgIpc) is 1.32. The largest absolute Gasteiger partial charge is 0.445 e. The van der Waals surface area contributed by atoms with E-state index in [1.165, 1.54) is 0 Å². The third-order valence-electron chi connectivity index (χ3n) is 21.5. The number of rotatable bonds is 35. The molecule has 120 heavy (non-hydrogen) atoms. The topological polar surface area (TPSA) is 598 Å². The van der Waals surface area contributed by atoms with Crippen molar-refractivity contribution in [3.63, 3.8) is 0 Å². The van der Waals surface area contributed by atoms with Gasteiger partial charge in [-0.1, -0.05) is 156 Å². The summed E-state index contributed by atoms with van der Waals surface area (Å²) in [4.78, 5) is 39.0. The Hall–Kier alpha value is -6.41. The highest BCUT2D eigenvalue weighted by molar-refractivity contribution is 7.91. The summed E-state index contributed by atoms with van der Waals surface area (Å²) < 4.78 is 142. The lowest BCUT2D eigenvalue weighted by Crippen LogP contribution is -2.63. The molecule has 3 aromatic carbocycles. The van der Waals surface area contributed by atoms with Crippen LogP contribution < -0.4 is 56.1 Å². The third-order valence-corrected chi connectivity index (χ3v) is 25.1. The molecule has 0 bridgehead atoms. The standard InChI is InChI=1S/C52H68N4O17S.C26H50N6O11S.2CH4/c1-3-37-19-21-39(55-51(61)66-29-34-15-9-5-10-16-34)47(68-37)71-44-32(2)25-36(31-74(63,64)24-23-53)42(58)46(44)73-49-43(59)45(41(27-57)70-49)72-48-40(56-52(62)67-30-35-17-11-6-12-18-35)22-20-38(69-48)26-54-50(60)65-28-33-13-7-4-8-14-33;27-5-6-44(36,37)11-12-7-17(32)21(41-24-15(30)3-1-13(8-28)38-24)23(19(12)34)43-26-20(35)22(18(10-33)40-26)42-25-16(31)4-2-14(9-29)39-25;;/h4-22,32,36-49,57-59H,3,23-31,53H2,1-2H3,(H,54,60)(H,55,61)(H,56,62);2,4,12-26,33-35H,1,3,5-11,27-32H2;2*1H4/t32-,36-,37+,38+,39+,40+,41+,42-,43+,44+,45+,46+,47+,48+,49-;12-,13-,14+,15+,16+,17-,18+,19-,20+,21+,22+,23+,24+,25+,26-;;/m00../s1. The summed E-state index contributed by atoms with van der Waals surface area (Å²) in [6.45, 7) is 2.51. The van der Waals surface area contributed by atoms with Crippen LogP contribution in [0.3, 0.4) is 0 Å². The lowest BCUT2D eigenvalue weighted by atomic mass is 9.77. The SMILES string of the molecule is C.C.CC[C@@H]1C=C[C@@H](NC(=O)OCc2ccccc2)[C@@H](O[C@H]2[C@H](O[C@@H]3O[C@H](CO)[C@@H](O[C@H]4O[C@@H](CNC(=O)OCc5ccccc5)C=C[C@H]4NC(=O)OCc4ccccc4)[C@H]3O)[C@@H](O)[C@H](CS(=O)(=O)CCN)C[C@@H]2C)O1.NCCS(=O)(=O)C[C@@H]1C[C@H](N)[C@@H](O[C@H]2O[C@H](CN)CC[C@H]2N)[C@H](O[C@@H]2O[C@H](CO)[C@@H](O[C@H]3O[C@@H](CN)C=C[C@H]3N)[C@H]2O)[C@H]1O. The number of aliphatic hydroxyl groups excluding tert-OH is 6. The summed E-state index contributed by atoms with van der Waals surface area (Å²) in [5.74, 6) is -3.69. The monoisotopic (exact) mass is 1740 g/mol. The molecule has 0 aromatic heterocycles. The summed E-state index contributed by atoms with van der Waals surface area (Å²) in [6.07, 6.45) is -15.9. The summed E-state index contributed by atoms with van der Waals surface area (Å²) in [5, 5.41) is 75.8. The lowest BCUT2D eigenvalue weighted by molar-refractivity contribution is -0.290. The summed E-state index contributed by atoms with van der Waals surface area (Å²) >= 11 is 0. The average molecular weight is 1740 g/mol. The Morgan fingerprint density at radius 2 is 0.883 bits per heavy atom. The van der Waals surface area contributed by atoms with Gasteiger partial charge in [-0.05, 0) is 54.7 Å². The molecule has 11 rings (SSSR count). The third kappa shape index (κ3) is 27.8. The van der Waals surface area contributed by atoms with Gasteiger partial charge in [0.15, 0.2) is 57.4 Å². The molecule has 0 spiro atoms. The van der Waals surface area contributed by atoms with Crippen molar-refractivity contribution < 1.29 is 133 Å². The minimum atomic E-state index is -3.75. The Balaban J connectivity index is 0.000000333. The maximum absolute atomic E-state index is 13.2. The van der Waals surface area contributed by atoms with Crippen molar-refractivity contribution in [2.75, 3.05) is 68.9 Å². The van der Waals surface area contributed by atoms with Gasteiger partial charge in [0.1, 0.15) is 86.8 Å². The number of nitrogens with two attached hydrogens (primary N) is 7. The van der Waals surface area contributed by atoms with Crippen molar-refractivity contribution in [1.82, 2.24) is 16.0 Å². The smallest absolute Gasteiger partial charge is 0.408 e. The molecular weight excluding hydrogens is 1610 g/mol. The number of carbonyl (C=O) groups excluding carboxylic acids is 3. The Morgan fingerprint density at radius 3 is 1.36 bits per heavy atom. The highest BCUT2D eigenvalue weighted by Gasteiger charge is 2.56. The maximum Gasteiger partial charge on any atom is 0.408 e. The van der Waals surface area contributed by atoms with Crippen molar-refractivity contribution in [3.8, 4) is 0 Å². The maximum atomic E-state index is 13.2. The highest BCUT2D eigenvalue weighted by atomic mass is 32.2. The van der Waals surface area contributed by atoms with Crippen molar-refractivity contribution in [1.29, 1.82) is 0 Å². The van der Waals surface area contributed by atoms with Gasteiger partial charge >= 0.3 is 18.3 Å². The second-order valence-corrected chi connectivity index (χ2v) is 34.9. The number of alkyl carbamates (subject to hydrolysis) is 3. The van der Waals surface area contributed by atoms with E-state index < -0.39 is 240 Å². The fourth-order valence-corrected chi connectivity index (χ4v) is 18.2. The van der Waals surface area contributed by atoms with E-state index in [9.17, 15) is 61.9 Å². The zero-order valence-electron chi connectivity index (χ0n) is 65.9.